The molecule has 0 aromatic heterocycles. The first kappa shape index (κ1) is 22.9. The molecule has 2 rings (SSSR count). The Balaban J connectivity index is 1.89. The predicted molar refractivity (Wildman–Crippen MR) is 115 cm³/mol. The summed E-state index contributed by atoms with van der Waals surface area (Å²) in [7, 11) is -3.46. The van der Waals surface area contributed by atoms with E-state index in [-0.39, 0.29) is 35.6 Å². The van der Waals surface area contributed by atoms with Crippen molar-refractivity contribution in [2.24, 2.45) is 0 Å². The average molecular weight is 438 g/mol. The number of carbonyl (C=O) groups excluding carboxylic acids is 2. The van der Waals surface area contributed by atoms with Crippen LogP contribution in [-0.2, 0) is 19.4 Å². The summed E-state index contributed by atoms with van der Waals surface area (Å²) in [5.41, 5.74) is 1.23. The van der Waals surface area contributed by atoms with Gasteiger partial charge in [0.25, 0.3) is 0 Å². The van der Waals surface area contributed by atoms with Crippen molar-refractivity contribution in [3.05, 3.63) is 53.6 Å². The molecule has 156 valence electrons. The Kier molecular flexibility index (Phi) is 8.19. The van der Waals surface area contributed by atoms with Crippen LogP contribution in [0.25, 0.3) is 0 Å². The van der Waals surface area contributed by atoms with Crippen LogP contribution in [0.1, 0.15) is 13.8 Å². The van der Waals surface area contributed by atoms with E-state index in [9.17, 15) is 18.0 Å². The Morgan fingerprint density at radius 2 is 1.52 bits per heavy atom. The van der Waals surface area contributed by atoms with Gasteiger partial charge in [-0.2, -0.15) is 0 Å². The Bertz CT molecular complexity index is 945. The number of anilines is 2. The standard InChI is InChI=1S/C20H24ClN3O4S/c1-3-24(12-13-29(27,28)19-10-4-16(21)5-11-19)14-20(26)23-18-8-6-17(7-9-18)22-15(2)25/h4-11H,3,12-14H2,1-2H3,(H,22,25)(H,23,26). The van der Waals surface area contributed by atoms with Crippen molar-refractivity contribution in [3.8, 4) is 0 Å². The monoisotopic (exact) mass is 437 g/mol. The lowest BCUT2D eigenvalue weighted by molar-refractivity contribution is -0.117. The summed E-state index contributed by atoms with van der Waals surface area (Å²) in [6.45, 7) is 4.12. The second-order valence-corrected chi connectivity index (χ2v) is 8.99. The van der Waals surface area contributed by atoms with Gasteiger partial charge < -0.3 is 10.6 Å². The summed E-state index contributed by atoms with van der Waals surface area (Å²) >= 11 is 5.80. The third kappa shape index (κ3) is 7.49. The topological polar surface area (TPSA) is 95.6 Å². The number of hydrogen-bond donors (Lipinski definition) is 2. The summed E-state index contributed by atoms with van der Waals surface area (Å²) < 4.78 is 24.9. The third-order valence-corrected chi connectivity index (χ3v) is 6.11. The highest BCUT2D eigenvalue weighted by Crippen LogP contribution is 2.16. The van der Waals surface area contributed by atoms with Gasteiger partial charge in [-0.05, 0) is 55.1 Å². The first-order valence-electron chi connectivity index (χ1n) is 9.08. The second kappa shape index (κ2) is 10.4. The zero-order chi connectivity index (χ0) is 21.4. The molecule has 2 N–H and O–H groups in total. The summed E-state index contributed by atoms with van der Waals surface area (Å²) in [4.78, 5) is 25.3. The van der Waals surface area contributed by atoms with E-state index in [0.717, 1.165) is 0 Å². The maximum atomic E-state index is 12.4. The van der Waals surface area contributed by atoms with Crippen molar-refractivity contribution < 1.29 is 18.0 Å². The van der Waals surface area contributed by atoms with Gasteiger partial charge in [0.05, 0.1) is 17.2 Å². The van der Waals surface area contributed by atoms with Gasteiger partial charge in [0.1, 0.15) is 0 Å². The Hall–Kier alpha value is -2.42. The van der Waals surface area contributed by atoms with Gasteiger partial charge in [-0.1, -0.05) is 18.5 Å². The molecule has 0 spiro atoms. The number of hydrogen-bond acceptors (Lipinski definition) is 5. The lowest BCUT2D eigenvalue weighted by Gasteiger charge is -2.20. The van der Waals surface area contributed by atoms with Gasteiger partial charge in [0, 0.05) is 29.9 Å². The van der Waals surface area contributed by atoms with Crippen molar-refractivity contribution in [2.45, 2.75) is 18.7 Å². The molecule has 0 atom stereocenters. The number of amides is 2. The predicted octanol–water partition coefficient (Wildman–Crippen LogP) is 3.03. The Labute approximate surface area is 176 Å². The lowest BCUT2D eigenvalue weighted by atomic mass is 10.2. The summed E-state index contributed by atoms with van der Waals surface area (Å²) in [5, 5.41) is 5.89. The van der Waals surface area contributed by atoms with Crippen LogP contribution in [0.4, 0.5) is 11.4 Å². The normalized spacial score (nSPS) is 11.3. The van der Waals surface area contributed by atoms with Crippen molar-refractivity contribution in [1.82, 2.24) is 4.90 Å². The molecule has 0 saturated carbocycles. The molecule has 7 nitrogen and oxygen atoms in total. The van der Waals surface area contributed by atoms with Gasteiger partial charge in [-0.25, -0.2) is 8.42 Å². The lowest BCUT2D eigenvalue weighted by Crippen LogP contribution is -2.36. The minimum absolute atomic E-state index is 0.0695. The van der Waals surface area contributed by atoms with E-state index in [0.29, 0.717) is 22.9 Å². The third-order valence-electron chi connectivity index (χ3n) is 4.15. The first-order chi connectivity index (χ1) is 13.7. The quantitative estimate of drug-likeness (QED) is 0.628. The molecule has 2 aromatic rings. The van der Waals surface area contributed by atoms with E-state index < -0.39 is 9.84 Å². The molecule has 2 amide bonds. The molecule has 0 bridgehead atoms. The fourth-order valence-electron chi connectivity index (χ4n) is 2.60. The van der Waals surface area contributed by atoms with E-state index in [1.54, 1.807) is 29.2 Å². The first-order valence-corrected chi connectivity index (χ1v) is 11.1. The highest BCUT2D eigenvalue weighted by molar-refractivity contribution is 7.91. The van der Waals surface area contributed by atoms with Crippen LogP contribution >= 0.6 is 11.6 Å². The van der Waals surface area contributed by atoms with E-state index in [4.69, 9.17) is 11.6 Å². The van der Waals surface area contributed by atoms with Crippen LogP contribution in [0.15, 0.2) is 53.4 Å². The molecule has 29 heavy (non-hydrogen) atoms. The molecule has 9 heteroatoms. The number of nitrogens with one attached hydrogen (secondary N) is 2. The van der Waals surface area contributed by atoms with E-state index >= 15 is 0 Å². The van der Waals surface area contributed by atoms with Crippen LogP contribution in [0.3, 0.4) is 0 Å². The number of rotatable bonds is 9. The number of nitrogens with zero attached hydrogens (tertiary/aromatic N) is 1. The SMILES string of the molecule is CCN(CCS(=O)(=O)c1ccc(Cl)cc1)CC(=O)Nc1ccc(NC(C)=O)cc1. The molecule has 0 aliphatic rings. The Morgan fingerprint density at radius 3 is 2.03 bits per heavy atom. The molecule has 0 saturated heterocycles. The number of halogens is 1. The highest BCUT2D eigenvalue weighted by Gasteiger charge is 2.17. The van der Waals surface area contributed by atoms with Crippen LogP contribution in [0.2, 0.25) is 5.02 Å². The largest absolute Gasteiger partial charge is 0.326 e. The van der Waals surface area contributed by atoms with E-state index in [2.05, 4.69) is 10.6 Å². The van der Waals surface area contributed by atoms with Gasteiger partial charge in [0.2, 0.25) is 11.8 Å². The van der Waals surface area contributed by atoms with Gasteiger partial charge in [-0.3, -0.25) is 14.5 Å². The number of benzene rings is 2. The maximum absolute atomic E-state index is 12.4. The van der Waals surface area contributed by atoms with Crippen molar-refractivity contribution in [1.29, 1.82) is 0 Å². The molecule has 0 aliphatic carbocycles. The maximum Gasteiger partial charge on any atom is 0.238 e. The van der Waals surface area contributed by atoms with Gasteiger partial charge in [-0.15, -0.1) is 0 Å². The van der Waals surface area contributed by atoms with Crippen LogP contribution in [0.5, 0.6) is 0 Å². The summed E-state index contributed by atoms with van der Waals surface area (Å²) in [5.74, 6) is -0.516. The van der Waals surface area contributed by atoms with Crippen molar-refractivity contribution in [2.75, 3.05) is 36.0 Å². The number of likely N-dealkylation sites (N-methyl/N-ethyl adjacent to an activating group) is 1. The molecular weight excluding hydrogens is 414 g/mol. The highest BCUT2D eigenvalue weighted by atomic mass is 35.5. The number of carbonyl (C=O) groups is 2. The van der Waals surface area contributed by atoms with Crippen LogP contribution in [-0.4, -0.2) is 50.5 Å². The fraction of sp³-hybridized carbons (Fsp3) is 0.300. The number of sulfone groups is 1. The fourth-order valence-corrected chi connectivity index (χ4v) is 4.01. The minimum Gasteiger partial charge on any atom is -0.326 e. The molecule has 0 heterocycles. The zero-order valence-corrected chi connectivity index (χ0v) is 17.9. The van der Waals surface area contributed by atoms with E-state index in [1.165, 1.54) is 31.2 Å². The van der Waals surface area contributed by atoms with Crippen molar-refractivity contribution >= 4 is 44.6 Å². The zero-order valence-electron chi connectivity index (χ0n) is 16.3. The Morgan fingerprint density at radius 1 is 0.966 bits per heavy atom. The van der Waals surface area contributed by atoms with Crippen LogP contribution < -0.4 is 10.6 Å². The summed E-state index contributed by atoms with van der Waals surface area (Å²) in [6, 6.07) is 12.8. The molecule has 0 radical (unpaired) electrons. The van der Waals surface area contributed by atoms with Gasteiger partial charge >= 0.3 is 0 Å². The second-order valence-electron chi connectivity index (χ2n) is 6.45. The smallest absolute Gasteiger partial charge is 0.238 e. The van der Waals surface area contributed by atoms with Gasteiger partial charge in [0.15, 0.2) is 9.84 Å². The molecule has 0 fully saturated rings. The van der Waals surface area contributed by atoms with E-state index in [1.807, 2.05) is 6.92 Å². The van der Waals surface area contributed by atoms with Crippen molar-refractivity contribution in [3.63, 3.8) is 0 Å². The molecule has 0 aliphatic heterocycles. The molecule has 0 unspecified atom stereocenters. The average Bonchev–Trinajstić information content (AvgIpc) is 2.66. The van der Waals surface area contributed by atoms with Crippen LogP contribution in [0, 0.1) is 0 Å². The molecular formula is C20H24ClN3O4S. The minimum atomic E-state index is -3.46. The molecule has 2 aromatic carbocycles. The summed E-state index contributed by atoms with van der Waals surface area (Å²) in [6.07, 6.45) is 0.